The van der Waals surface area contributed by atoms with Crippen molar-refractivity contribution < 1.29 is 20.6 Å². The molecule has 0 atom stereocenters. The zero-order valence-electron chi connectivity index (χ0n) is 42.0. The molecule has 9 aromatic carbocycles. The van der Waals surface area contributed by atoms with Crippen LogP contribution in [0.5, 0.6) is 0 Å². The first kappa shape index (κ1) is 17.3. The van der Waals surface area contributed by atoms with Crippen LogP contribution in [0.4, 0.5) is 0 Å². The van der Waals surface area contributed by atoms with Gasteiger partial charge < -0.3 is 9.13 Å². The van der Waals surface area contributed by atoms with Crippen LogP contribution < -0.4 is 0 Å². The van der Waals surface area contributed by atoms with Crippen molar-refractivity contribution in [1.82, 2.24) is 9.13 Å². The Hall–Kier alpha value is -6.64. The van der Waals surface area contributed by atoms with Crippen molar-refractivity contribution in [3.63, 3.8) is 0 Å². The third kappa shape index (κ3) is 4.11. The fraction of sp³-hybridized carbons (Fsp3) is 0.0204. The first-order chi connectivity index (χ1) is 31.5. The van der Waals surface area contributed by atoms with Crippen molar-refractivity contribution in [1.29, 1.82) is 0 Å². The number of hydrogen-bond acceptors (Lipinski definition) is 0. The summed E-state index contributed by atoms with van der Waals surface area (Å²) in [6.45, 7) is 2.03. The van der Waals surface area contributed by atoms with E-state index in [1.165, 1.54) is 33.4 Å². The standard InChI is InChI=1S/C49H32N2/c1-31-19-23-38-39-24-22-35(30-43(39)37-14-6-5-13-36(37)42(38)27-31)51-47-18-10-8-16-41(47)45-29-33(21-26-49(45)51)32-20-25-48-44(28-32)40-15-7-9-17-46(40)50(48)34-11-3-2-4-12-34/h2-30H,1H3/i2D,7D,8D,9D,10D,15D,16D,17D,18D,20D,21D,25D,26D,28D,29D. The number of fused-ring (bicyclic) bond motifs is 12. The summed E-state index contributed by atoms with van der Waals surface area (Å²) in [5, 5.41) is 5.11. The maximum Gasteiger partial charge on any atom is 0.0645 e. The molecule has 2 nitrogen and oxygen atoms in total. The molecule has 0 unspecified atom stereocenters. The van der Waals surface area contributed by atoms with E-state index in [9.17, 15) is 11.0 Å². The molecule has 0 aliphatic rings. The fourth-order valence-electron chi connectivity index (χ4n) is 7.52. The summed E-state index contributed by atoms with van der Waals surface area (Å²) in [6, 6.07) is 18.1. The lowest BCUT2D eigenvalue weighted by Crippen LogP contribution is -1.94. The highest BCUT2D eigenvalue weighted by molar-refractivity contribution is 6.26. The van der Waals surface area contributed by atoms with Crippen LogP contribution in [0.3, 0.4) is 0 Å². The summed E-state index contributed by atoms with van der Waals surface area (Å²) in [5.74, 6) is 0. The predicted octanol–water partition coefficient (Wildman–Crippen LogP) is 13.3. The molecule has 0 radical (unpaired) electrons. The van der Waals surface area contributed by atoms with Crippen LogP contribution in [0, 0.1) is 6.92 Å². The van der Waals surface area contributed by atoms with E-state index in [4.69, 9.17) is 9.60 Å². The molecule has 0 amide bonds. The normalized spacial score (nSPS) is 16.1. The van der Waals surface area contributed by atoms with E-state index in [0.717, 1.165) is 37.9 Å². The lowest BCUT2D eigenvalue weighted by atomic mass is 9.93. The quantitative estimate of drug-likeness (QED) is 0.167. The molecule has 0 bridgehead atoms. The minimum absolute atomic E-state index is 0.0544. The average Bonchev–Trinajstić information content (AvgIpc) is 3.87. The van der Waals surface area contributed by atoms with Gasteiger partial charge in [0, 0.05) is 32.9 Å². The van der Waals surface area contributed by atoms with Crippen molar-refractivity contribution in [2.75, 3.05) is 0 Å². The highest BCUT2D eigenvalue weighted by atomic mass is 15.0. The number of benzene rings is 9. The molecule has 0 saturated heterocycles. The van der Waals surface area contributed by atoms with Crippen LogP contribution in [-0.2, 0) is 0 Å². The Morgan fingerprint density at radius 1 is 0.373 bits per heavy atom. The Labute approximate surface area is 316 Å². The van der Waals surface area contributed by atoms with E-state index in [-0.39, 0.29) is 49.7 Å². The second kappa shape index (κ2) is 10.7. The summed E-state index contributed by atoms with van der Waals surface area (Å²) in [6.07, 6.45) is 0. The van der Waals surface area contributed by atoms with Crippen LogP contribution in [0.1, 0.15) is 26.1 Å². The van der Waals surface area contributed by atoms with Crippen LogP contribution >= 0.6 is 0 Å². The summed E-state index contributed by atoms with van der Waals surface area (Å²) < 4.78 is 140. The summed E-state index contributed by atoms with van der Waals surface area (Å²) in [4.78, 5) is 0. The first-order valence-electron chi connectivity index (χ1n) is 24.0. The Bertz CT molecular complexity index is 4040. The molecule has 238 valence electrons. The third-order valence-corrected chi connectivity index (χ3v) is 9.76. The minimum Gasteiger partial charge on any atom is -0.309 e. The number of rotatable bonds is 3. The smallest absolute Gasteiger partial charge is 0.0645 e. The number of hydrogen-bond donors (Lipinski definition) is 0. The van der Waals surface area contributed by atoms with Gasteiger partial charge >= 0.3 is 0 Å². The number of aryl methyl sites for hydroxylation is 1. The topological polar surface area (TPSA) is 9.86 Å². The molecule has 0 aliphatic heterocycles. The average molecular weight is 664 g/mol. The molecular weight excluding hydrogens is 617 g/mol. The van der Waals surface area contributed by atoms with Crippen molar-refractivity contribution in [2.45, 2.75) is 6.92 Å². The zero-order chi connectivity index (χ0) is 46.7. The molecule has 0 saturated carbocycles. The van der Waals surface area contributed by atoms with Gasteiger partial charge in [0.15, 0.2) is 0 Å². The second-order valence-electron chi connectivity index (χ2n) is 12.6. The molecule has 0 aliphatic carbocycles. The molecule has 0 fully saturated rings. The fourth-order valence-corrected chi connectivity index (χ4v) is 7.52. The highest BCUT2D eigenvalue weighted by Gasteiger charge is 2.17. The van der Waals surface area contributed by atoms with Gasteiger partial charge in [-0.05, 0) is 111 Å². The Kier molecular flexibility index (Phi) is 3.63. The Morgan fingerprint density at radius 2 is 0.882 bits per heavy atom. The van der Waals surface area contributed by atoms with E-state index in [1.807, 2.05) is 49.4 Å². The molecule has 51 heavy (non-hydrogen) atoms. The van der Waals surface area contributed by atoms with Gasteiger partial charge in [-0.3, -0.25) is 0 Å². The van der Waals surface area contributed by atoms with E-state index in [0.29, 0.717) is 11.4 Å². The third-order valence-electron chi connectivity index (χ3n) is 9.76. The second-order valence-corrected chi connectivity index (χ2v) is 12.6. The van der Waals surface area contributed by atoms with Gasteiger partial charge in [-0.25, -0.2) is 0 Å². The molecule has 0 N–H and O–H groups in total. The Morgan fingerprint density at radius 3 is 1.51 bits per heavy atom. The number of nitrogens with zero attached hydrogens (tertiary/aromatic N) is 2. The molecule has 2 heterocycles. The predicted molar refractivity (Wildman–Crippen MR) is 218 cm³/mol. The van der Waals surface area contributed by atoms with Crippen molar-refractivity contribution in [3.05, 3.63) is 181 Å². The lowest BCUT2D eigenvalue weighted by molar-refractivity contribution is 1.18. The minimum atomic E-state index is -0.640. The van der Waals surface area contributed by atoms with E-state index in [1.54, 1.807) is 6.07 Å². The maximum atomic E-state index is 9.90. The van der Waals surface area contributed by atoms with Crippen molar-refractivity contribution in [3.8, 4) is 22.5 Å². The van der Waals surface area contributed by atoms with Crippen LogP contribution in [0.2, 0.25) is 0 Å². The van der Waals surface area contributed by atoms with Gasteiger partial charge in [0.1, 0.15) is 0 Å². The Balaban J connectivity index is 1.29. The van der Waals surface area contributed by atoms with Crippen molar-refractivity contribution >= 4 is 75.9 Å². The molecule has 2 heteroatoms. The van der Waals surface area contributed by atoms with E-state index in [2.05, 4.69) is 12.1 Å². The van der Waals surface area contributed by atoms with Gasteiger partial charge in [0.05, 0.1) is 42.6 Å². The monoisotopic (exact) mass is 663 g/mol. The van der Waals surface area contributed by atoms with Gasteiger partial charge in [-0.2, -0.15) is 0 Å². The summed E-state index contributed by atoms with van der Waals surface area (Å²) >= 11 is 0. The van der Waals surface area contributed by atoms with Crippen molar-refractivity contribution in [2.24, 2.45) is 0 Å². The van der Waals surface area contributed by atoms with E-state index >= 15 is 0 Å². The van der Waals surface area contributed by atoms with Gasteiger partial charge in [0.25, 0.3) is 0 Å². The van der Waals surface area contributed by atoms with Crippen LogP contribution in [0.15, 0.2) is 176 Å². The highest BCUT2D eigenvalue weighted by Crippen LogP contribution is 2.40. The molecule has 11 rings (SSSR count). The molecule has 11 aromatic rings. The summed E-state index contributed by atoms with van der Waals surface area (Å²) in [7, 11) is 0. The number of para-hydroxylation sites is 3. The van der Waals surface area contributed by atoms with Crippen LogP contribution in [0.25, 0.3) is 98.4 Å². The maximum absolute atomic E-state index is 9.90. The summed E-state index contributed by atoms with van der Waals surface area (Å²) in [5.41, 5.74) is 0.561. The lowest BCUT2D eigenvalue weighted by Gasteiger charge is -2.14. The molecular formula is C49H32N2. The van der Waals surface area contributed by atoms with Gasteiger partial charge in [-0.1, -0.05) is 121 Å². The zero-order valence-corrected chi connectivity index (χ0v) is 27.0. The molecule has 0 spiro atoms. The van der Waals surface area contributed by atoms with Gasteiger partial charge in [-0.15, -0.1) is 0 Å². The largest absolute Gasteiger partial charge is 0.309 e. The van der Waals surface area contributed by atoms with Crippen LogP contribution in [-0.4, -0.2) is 9.13 Å². The van der Waals surface area contributed by atoms with E-state index < -0.39 is 95.7 Å². The molecule has 2 aromatic heterocycles. The SMILES string of the molecule is [2H]c1ccc(-n2c3c([2H])c([2H])c([2H])c([2H])c3c3c([2H])c(-c4c([2H])c([2H])c5c(c4[2H])c4c([2H])c([2H])c([2H])c([2H])c4n5-c4ccc5c6ccc(C)cc6c6ccccc6c5c4)c([2H])c([2H])c32)cc1. The van der Waals surface area contributed by atoms with Gasteiger partial charge in [0.2, 0.25) is 0 Å². The number of aromatic nitrogens is 2. The first-order valence-corrected chi connectivity index (χ1v) is 16.5.